The van der Waals surface area contributed by atoms with E-state index >= 15 is 0 Å². The lowest BCUT2D eigenvalue weighted by Gasteiger charge is -2.15. The minimum Gasteiger partial charge on any atom is -0.491 e. The summed E-state index contributed by atoms with van der Waals surface area (Å²) in [7, 11) is 0. The average molecular weight is 718 g/mol. The highest BCUT2D eigenvalue weighted by Gasteiger charge is 2.23. The van der Waals surface area contributed by atoms with E-state index < -0.39 is 0 Å². The maximum Gasteiger partial charge on any atom is 0.223 e. The minimum atomic E-state index is 0.265. The van der Waals surface area contributed by atoms with Crippen LogP contribution in [0.2, 0.25) is 0 Å². The SMILES string of the molecule is Cc1cc(Oc2ccc(-c3ccc(OCCOCC4CO4)c(C)c3)cc2C)cc(Oc2ccc(-c3ccc(OCCOCC4CO4)c(C)c3)cc2C)n1. The molecule has 1 aromatic heterocycles. The monoisotopic (exact) mass is 717 g/mol. The molecule has 0 N–H and O–H groups in total. The Balaban J connectivity index is 0.954. The number of aryl methyl sites for hydroxylation is 5. The lowest BCUT2D eigenvalue weighted by Crippen LogP contribution is -2.10. The summed E-state index contributed by atoms with van der Waals surface area (Å²) in [5.74, 6) is 4.34. The summed E-state index contributed by atoms with van der Waals surface area (Å²) in [4.78, 5) is 4.64. The fraction of sp³-hybridized carbons (Fsp3) is 0.341. The number of hydrogen-bond donors (Lipinski definition) is 0. The van der Waals surface area contributed by atoms with E-state index in [1.165, 1.54) is 0 Å². The first-order chi connectivity index (χ1) is 25.8. The van der Waals surface area contributed by atoms with Gasteiger partial charge in [-0.05, 0) is 128 Å². The van der Waals surface area contributed by atoms with Crippen molar-refractivity contribution < 1.29 is 37.9 Å². The average Bonchev–Trinajstić information content (AvgIpc) is 4.08. The molecule has 0 bridgehead atoms. The highest BCUT2D eigenvalue weighted by molar-refractivity contribution is 5.69. The van der Waals surface area contributed by atoms with Crippen LogP contribution in [0.4, 0.5) is 0 Å². The Labute approximate surface area is 311 Å². The van der Waals surface area contributed by atoms with Crippen molar-refractivity contribution >= 4 is 0 Å². The molecule has 276 valence electrons. The summed E-state index contributed by atoms with van der Waals surface area (Å²) in [5, 5.41) is 0. The maximum atomic E-state index is 6.38. The Morgan fingerprint density at radius 3 is 1.34 bits per heavy atom. The Morgan fingerprint density at radius 2 is 0.925 bits per heavy atom. The zero-order valence-electron chi connectivity index (χ0n) is 31.1. The number of aromatic nitrogens is 1. The number of hydrogen-bond acceptors (Lipinski definition) is 9. The van der Waals surface area contributed by atoms with E-state index in [0.717, 1.165) is 86.4 Å². The van der Waals surface area contributed by atoms with Crippen molar-refractivity contribution in [2.24, 2.45) is 0 Å². The number of epoxide rings is 2. The topological polar surface area (TPSA) is 93.3 Å². The number of ether oxygens (including phenoxy) is 8. The second kappa shape index (κ2) is 16.8. The molecule has 2 unspecified atom stereocenters. The van der Waals surface area contributed by atoms with Gasteiger partial charge >= 0.3 is 0 Å². The van der Waals surface area contributed by atoms with E-state index in [-0.39, 0.29) is 12.2 Å². The third-order valence-corrected chi connectivity index (χ3v) is 9.09. The van der Waals surface area contributed by atoms with Crippen molar-refractivity contribution in [1.29, 1.82) is 0 Å². The van der Waals surface area contributed by atoms with Gasteiger partial charge in [-0.2, -0.15) is 0 Å². The number of pyridine rings is 1. The third-order valence-electron chi connectivity index (χ3n) is 9.09. The molecule has 2 fully saturated rings. The van der Waals surface area contributed by atoms with Crippen LogP contribution in [0.1, 0.15) is 27.9 Å². The molecular formula is C44H47NO8. The van der Waals surface area contributed by atoms with Gasteiger partial charge in [0.2, 0.25) is 5.88 Å². The smallest absolute Gasteiger partial charge is 0.223 e. The Kier molecular flexibility index (Phi) is 11.6. The predicted octanol–water partition coefficient (Wildman–Crippen LogP) is 9.13. The summed E-state index contributed by atoms with van der Waals surface area (Å²) in [6.07, 6.45) is 0.531. The van der Waals surface area contributed by atoms with Crippen LogP contribution in [0.15, 0.2) is 84.9 Å². The minimum absolute atomic E-state index is 0.265. The standard InChI is InChI=1S/C44H47NO8/c1-28-18-33(6-10-40(28)48-16-14-46-24-38-26-50-38)35-8-12-42(30(3)20-35)52-37-22-32(5)45-44(23-37)53-43-13-9-36(21-31(43)4)34-7-11-41(29(2)19-34)49-17-15-47-25-39-27-51-39/h6-13,18-23,38-39H,14-17,24-27H2,1-5H3. The molecule has 4 aromatic carbocycles. The molecule has 53 heavy (non-hydrogen) atoms. The largest absolute Gasteiger partial charge is 0.491 e. The van der Waals surface area contributed by atoms with Crippen LogP contribution in [0, 0.1) is 34.6 Å². The normalized spacial score (nSPS) is 15.9. The van der Waals surface area contributed by atoms with Gasteiger partial charge in [0.15, 0.2) is 0 Å². The van der Waals surface area contributed by atoms with E-state index in [0.29, 0.717) is 51.3 Å². The van der Waals surface area contributed by atoms with Gasteiger partial charge in [0.05, 0.1) is 39.6 Å². The van der Waals surface area contributed by atoms with E-state index in [9.17, 15) is 0 Å². The van der Waals surface area contributed by atoms with Gasteiger partial charge in [-0.25, -0.2) is 4.98 Å². The first kappa shape index (κ1) is 36.4. The molecule has 0 saturated carbocycles. The van der Waals surface area contributed by atoms with Gasteiger partial charge in [-0.3, -0.25) is 0 Å². The molecule has 0 spiro atoms. The van der Waals surface area contributed by atoms with E-state index in [1.807, 2.05) is 50.2 Å². The second-order valence-electron chi connectivity index (χ2n) is 13.7. The number of benzene rings is 4. The van der Waals surface area contributed by atoms with Crippen LogP contribution >= 0.6 is 0 Å². The molecule has 0 amide bonds. The molecule has 2 aliphatic rings. The maximum absolute atomic E-state index is 6.38. The Bertz CT molecular complexity index is 1900. The molecule has 2 aliphatic heterocycles. The van der Waals surface area contributed by atoms with Crippen molar-refractivity contribution in [3.63, 3.8) is 0 Å². The van der Waals surface area contributed by atoms with Gasteiger partial charge in [-0.1, -0.05) is 24.3 Å². The Morgan fingerprint density at radius 1 is 0.509 bits per heavy atom. The van der Waals surface area contributed by atoms with Crippen LogP contribution in [0.5, 0.6) is 34.6 Å². The van der Waals surface area contributed by atoms with Crippen LogP contribution in [-0.2, 0) is 18.9 Å². The van der Waals surface area contributed by atoms with Gasteiger partial charge < -0.3 is 37.9 Å². The fourth-order valence-corrected chi connectivity index (χ4v) is 6.01. The third kappa shape index (κ3) is 10.1. The molecule has 7 rings (SSSR count). The van der Waals surface area contributed by atoms with Crippen LogP contribution in [0.3, 0.4) is 0 Å². The van der Waals surface area contributed by atoms with Crippen LogP contribution < -0.4 is 18.9 Å². The van der Waals surface area contributed by atoms with Gasteiger partial charge in [0, 0.05) is 17.8 Å². The predicted molar refractivity (Wildman–Crippen MR) is 204 cm³/mol. The van der Waals surface area contributed by atoms with Crippen molar-refractivity contribution in [1.82, 2.24) is 4.98 Å². The second-order valence-corrected chi connectivity index (χ2v) is 13.7. The summed E-state index contributed by atoms with van der Waals surface area (Å²) < 4.78 is 46.1. The number of nitrogens with zero attached hydrogens (tertiary/aromatic N) is 1. The zero-order chi connectivity index (χ0) is 36.7. The van der Waals surface area contributed by atoms with Gasteiger partial charge in [0.25, 0.3) is 0 Å². The molecular weight excluding hydrogens is 670 g/mol. The Hall–Kier alpha value is -4.93. The molecule has 2 atom stereocenters. The van der Waals surface area contributed by atoms with Crippen LogP contribution in [0.25, 0.3) is 22.3 Å². The lowest BCUT2D eigenvalue weighted by atomic mass is 10.0. The number of rotatable bonds is 18. The molecule has 2 saturated heterocycles. The zero-order valence-corrected chi connectivity index (χ0v) is 31.1. The quantitative estimate of drug-likeness (QED) is 0.0650. The highest BCUT2D eigenvalue weighted by atomic mass is 16.6. The summed E-state index contributed by atoms with van der Waals surface area (Å²) >= 11 is 0. The molecule has 3 heterocycles. The fourth-order valence-electron chi connectivity index (χ4n) is 6.01. The van der Waals surface area contributed by atoms with E-state index in [2.05, 4.69) is 74.3 Å². The molecule has 9 heteroatoms. The summed E-state index contributed by atoms with van der Waals surface area (Å²) in [5.41, 5.74) is 9.37. The molecule has 9 nitrogen and oxygen atoms in total. The highest BCUT2D eigenvalue weighted by Crippen LogP contribution is 2.35. The van der Waals surface area contributed by atoms with Crippen LogP contribution in [-0.4, -0.2) is 70.0 Å². The first-order valence-electron chi connectivity index (χ1n) is 18.2. The lowest BCUT2D eigenvalue weighted by molar-refractivity contribution is 0.0876. The van der Waals surface area contributed by atoms with Crippen molar-refractivity contribution in [2.45, 2.75) is 46.8 Å². The summed E-state index contributed by atoms with van der Waals surface area (Å²) in [6.45, 7) is 15.1. The molecule has 0 aliphatic carbocycles. The van der Waals surface area contributed by atoms with Gasteiger partial charge in [0.1, 0.15) is 54.2 Å². The first-order valence-corrected chi connectivity index (χ1v) is 18.2. The summed E-state index contributed by atoms with van der Waals surface area (Å²) in [6, 6.07) is 28.6. The molecule has 0 radical (unpaired) electrons. The molecule has 5 aromatic rings. The van der Waals surface area contributed by atoms with Crippen molar-refractivity contribution in [3.8, 4) is 56.9 Å². The van der Waals surface area contributed by atoms with Gasteiger partial charge in [-0.15, -0.1) is 0 Å². The van der Waals surface area contributed by atoms with E-state index in [1.54, 1.807) is 0 Å². The van der Waals surface area contributed by atoms with Crippen molar-refractivity contribution in [3.05, 3.63) is 113 Å². The van der Waals surface area contributed by atoms with Crippen molar-refractivity contribution in [2.75, 3.05) is 52.9 Å². The van der Waals surface area contributed by atoms with E-state index in [4.69, 9.17) is 37.9 Å².